The van der Waals surface area contributed by atoms with E-state index in [9.17, 15) is 18.0 Å². The van der Waals surface area contributed by atoms with Crippen molar-refractivity contribution in [2.75, 3.05) is 37.3 Å². The molecular formula is C25H35N3O5S. The largest absolute Gasteiger partial charge is 0.497 e. The van der Waals surface area contributed by atoms with Crippen molar-refractivity contribution in [1.82, 2.24) is 10.2 Å². The van der Waals surface area contributed by atoms with Crippen LogP contribution in [0.3, 0.4) is 0 Å². The lowest BCUT2D eigenvalue weighted by molar-refractivity contribution is -0.138. The van der Waals surface area contributed by atoms with Gasteiger partial charge >= 0.3 is 0 Å². The van der Waals surface area contributed by atoms with Crippen LogP contribution in [0, 0.1) is 5.92 Å². The first kappa shape index (κ1) is 27.2. The summed E-state index contributed by atoms with van der Waals surface area (Å²) in [6.45, 7) is 5.97. The molecule has 2 aromatic rings. The highest BCUT2D eigenvalue weighted by atomic mass is 32.2. The van der Waals surface area contributed by atoms with Crippen LogP contribution in [0.25, 0.3) is 0 Å². The minimum Gasteiger partial charge on any atom is -0.497 e. The molecule has 1 atom stereocenters. The minimum absolute atomic E-state index is 0.262. The molecular weight excluding hydrogens is 454 g/mol. The van der Waals surface area contributed by atoms with Crippen LogP contribution in [0.15, 0.2) is 54.6 Å². The summed E-state index contributed by atoms with van der Waals surface area (Å²) < 4.78 is 31.4. The number of carbonyl (C=O) groups is 2. The average molecular weight is 490 g/mol. The van der Waals surface area contributed by atoms with Gasteiger partial charge in [-0.25, -0.2) is 8.42 Å². The third kappa shape index (κ3) is 8.06. The number of ether oxygens (including phenoxy) is 1. The van der Waals surface area contributed by atoms with E-state index in [1.807, 2.05) is 44.2 Å². The number of nitrogens with one attached hydrogen (secondary N) is 1. The molecule has 0 aliphatic carbocycles. The first-order valence-electron chi connectivity index (χ1n) is 11.3. The van der Waals surface area contributed by atoms with Crippen LogP contribution < -0.4 is 14.4 Å². The molecule has 0 unspecified atom stereocenters. The highest BCUT2D eigenvalue weighted by Gasteiger charge is 2.29. The maximum absolute atomic E-state index is 13.4. The maximum Gasteiger partial charge on any atom is 0.244 e. The number of rotatable bonds is 12. The SMILES string of the molecule is COc1cccc(N(CC(=O)N(CCc2ccccc2)[C@@H](C)C(=O)NCC(C)C)S(C)(=O)=O)c1. The van der Waals surface area contributed by atoms with E-state index in [2.05, 4.69) is 5.32 Å². The lowest BCUT2D eigenvalue weighted by Gasteiger charge is -2.31. The summed E-state index contributed by atoms with van der Waals surface area (Å²) in [5.41, 5.74) is 1.33. The molecule has 186 valence electrons. The normalized spacial score (nSPS) is 12.2. The van der Waals surface area contributed by atoms with Crippen molar-refractivity contribution in [3.05, 3.63) is 60.2 Å². The second-order valence-electron chi connectivity index (χ2n) is 8.61. The van der Waals surface area contributed by atoms with Crippen LogP contribution in [-0.4, -0.2) is 64.2 Å². The molecule has 0 aliphatic heterocycles. The molecule has 2 amide bonds. The van der Waals surface area contributed by atoms with Gasteiger partial charge in [0.2, 0.25) is 21.8 Å². The zero-order chi connectivity index (χ0) is 25.3. The zero-order valence-electron chi connectivity index (χ0n) is 20.5. The van der Waals surface area contributed by atoms with Crippen molar-refractivity contribution in [2.45, 2.75) is 33.2 Å². The number of hydrogen-bond acceptors (Lipinski definition) is 5. The quantitative estimate of drug-likeness (QED) is 0.495. The molecule has 0 bridgehead atoms. The molecule has 2 rings (SSSR count). The Morgan fingerprint density at radius 2 is 1.71 bits per heavy atom. The molecule has 0 saturated heterocycles. The number of hydrogen-bond donors (Lipinski definition) is 1. The van der Waals surface area contributed by atoms with E-state index in [-0.39, 0.29) is 18.4 Å². The average Bonchev–Trinajstić information content (AvgIpc) is 2.80. The molecule has 0 saturated carbocycles. The molecule has 9 heteroatoms. The van der Waals surface area contributed by atoms with Crippen LogP contribution in [0.2, 0.25) is 0 Å². The number of carbonyl (C=O) groups excluding carboxylic acids is 2. The van der Waals surface area contributed by atoms with Gasteiger partial charge in [-0.15, -0.1) is 0 Å². The van der Waals surface area contributed by atoms with E-state index in [0.717, 1.165) is 16.1 Å². The third-order valence-electron chi connectivity index (χ3n) is 5.36. The number of benzene rings is 2. The first-order valence-corrected chi connectivity index (χ1v) is 13.1. The minimum atomic E-state index is -3.78. The molecule has 0 fully saturated rings. The smallest absolute Gasteiger partial charge is 0.244 e. The number of amides is 2. The lowest BCUT2D eigenvalue weighted by Crippen LogP contribution is -2.52. The molecule has 0 spiro atoms. The summed E-state index contributed by atoms with van der Waals surface area (Å²) >= 11 is 0. The molecule has 1 N–H and O–H groups in total. The van der Waals surface area contributed by atoms with Crippen LogP contribution >= 0.6 is 0 Å². The third-order valence-corrected chi connectivity index (χ3v) is 6.50. The van der Waals surface area contributed by atoms with Gasteiger partial charge in [-0.2, -0.15) is 0 Å². The molecule has 8 nitrogen and oxygen atoms in total. The fourth-order valence-corrected chi connectivity index (χ4v) is 4.24. The Balaban J connectivity index is 2.30. The van der Waals surface area contributed by atoms with E-state index >= 15 is 0 Å². The predicted octanol–water partition coefficient (Wildman–Crippen LogP) is 2.69. The van der Waals surface area contributed by atoms with Crippen molar-refractivity contribution in [1.29, 1.82) is 0 Å². The van der Waals surface area contributed by atoms with Crippen molar-refractivity contribution < 1.29 is 22.7 Å². The van der Waals surface area contributed by atoms with Gasteiger partial charge in [0.05, 0.1) is 19.1 Å². The standard InChI is InChI=1S/C25H35N3O5S/c1-19(2)17-26-25(30)20(3)27(15-14-21-10-7-6-8-11-21)24(29)18-28(34(5,31)32)22-12-9-13-23(16-22)33-4/h6-13,16,19-20H,14-15,17-18H2,1-5H3,(H,26,30)/t20-/m0/s1. The summed E-state index contributed by atoms with van der Waals surface area (Å²) in [7, 11) is -2.29. The monoisotopic (exact) mass is 489 g/mol. The van der Waals surface area contributed by atoms with Gasteiger partial charge in [0.1, 0.15) is 18.3 Å². The molecule has 0 heterocycles. The fraction of sp³-hybridized carbons (Fsp3) is 0.440. The van der Waals surface area contributed by atoms with Crippen molar-refractivity contribution in [3.8, 4) is 5.75 Å². The first-order chi connectivity index (χ1) is 16.0. The summed E-state index contributed by atoms with van der Waals surface area (Å²) in [6.07, 6.45) is 1.58. The molecule has 34 heavy (non-hydrogen) atoms. The van der Waals surface area contributed by atoms with Gasteiger partial charge in [-0.3, -0.25) is 13.9 Å². The summed E-state index contributed by atoms with van der Waals surface area (Å²) in [5, 5.41) is 2.86. The van der Waals surface area contributed by atoms with Gasteiger partial charge in [-0.1, -0.05) is 50.2 Å². The van der Waals surface area contributed by atoms with Crippen LogP contribution in [0.1, 0.15) is 26.3 Å². The Bertz CT molecular complexity index is 1060. The van der Waals surface area contributed by atoms with E-state index < -0.39 is 28.5 Å². The van der Waals surface area contributed by atoms with Gasteiger partial charge in [0.25, 0.3) is 0 Å². The molecule has 0 aromatic heterocycles. The fourth-order valence-electron chi connectivity index (χ4n) is 3.40. The molecule has 2 aromatic carbocycles. The van der Waals surface area contributed by atoms with E-state index in [1.54, 1.807) is 31.2 Å². The van der Waals surface area contributed by atoms with Gasteiger partial charge in [0.15, 0.2) is 0 Å². The van der Waals surface area contributed by atoms with E-state index in [4.69, 9.17) is 4.74 Å². The number of nitrogens with zero attached hydrogens (tertiary/aromatic N) is 2. The molecule has 0 aliphatic rings. The highest BCUT2D eigenvalue weighted by Crippen LogP contribution is 2.23. The number of methoxy groups -OCH3 is 1. The van der Waals surface area contributed by atoms with Crippen molar-refractivity contribution in [3.63, 3.8) is 0 Å². The Labute approximate surface area is 202 Å². The van der Waals surface area contributed by atoms with E-state index in [0.29, 0.717) is 24.4 Å². The summed E-state index contributed by atoms with van der Waals surface area (Å²) in [6, 6.07) is 15.4. The summed E-state index contributed by atoms with van der Waals surface area (Å²) in [5.74, 6) is -0.00172. The summed E-state index contributed by atoms with van der Waals surface area (Å²) in [4.78, 5) is 27.7. The van der Waals surface area contributed by atoms with Gasteiger partial charge in [-0.05, 0) is 37.0 Å². The zero-order valence-corrected chi connectivity index (χ0v) is 21.3. The van der Waals surface area contributed by atoms with Crippen molar-refractivity contribution in [2.24, 2.45) is 5.92 Å². The highest BCUT2D eigenvalue weighted by molar-refractivity contribution is 7.92. The molecule has 0 radical (unpaired) electrons. The second-order valence-corrected chi connectivity index (χ2v) is 10.5. The Kier molecular flexibility index (Phi) is 9.92. The Morgan fingerprint density at radius 1 is 1.03 bits per heavy atom. The topological polar surface area (TPSA) is 96.0 Å². The Morgan fingerprint density at radius 3 is 2.29 bits per heavy atom. The van der Waals surface area contributed by atoms with E-state index in [1.165, 1.54) is 12.0 Å². The van der Waals surface area contributed by atoms with Crippen LogP contribution in [0.4, 0.5) is 5.69 Å². The lowest BCUT2D eigenvalue weighted by atomic mass is 10.1. The Hall–Kier alpha value is -3.07. The number of anilines is 1. The predicted molar refractivity (Wildman–Crippen MR) is 134 cm³/mol. The maximum atomic E-state index is 13.4. The van der Waals surface area contributed by atoms with Crippen LogP contribution in [-0.2, 0) is 26.0 Å². The van der Waals surface area contributed by atoms with Crippen molar-refractivity contribution >= 4 is 27.5 Å². The van der Waals surface area contributed by atoms with Crippen LogP contribution in [0.5, 0.6) is 5.75 Å². The number of sulfonamides is 1. The second kappa shape index (κ2) is 12.4. The van der Waals surface area contributed by atoms with Gasteiger partial charge in [0, 0.05) is 19.2 Å². The van der Waals surface area contributed by atoms with Gasteiger partial charge < -0.3 is 15.0 Å².